The van der Waals surface area contributed by atoms with Gasteiger partial charge in [-0.05, 0) is 49.1 Å². The van der Waals surface area contributed by atoms with E-state index >= 15 is 0 Å². The summed E-state index contributed by atoms with van der Waals surface area (Å²) < 4.78 is 5.84. The summed E-state index contributed by atoms with van der Waals surface area (Å²) in [7, 11) is 1.74. The number of rotatable bonds is 6. The molecule has 2 aromatic heterocycles. The smallest absolute Gasteiger partial charge is 0.289 e. The second-order valence-corrected chi connectivity index (χ2v) is 10.0. The number of aromatic nitrogens is 1. The average molecular weight is 476 g/mol. The molecule has 176 valence electrons. The number of thiazole rings is 1. The highest BCUT2D eigenvalue weighted by molar-refractivity contribution is 7.07. The summed E-state index contributed by atoms with van der Waals surface area (Å²) in [5, 5.41) is 14.2. The van der Waals surface area contributed by atoms with Crippen LogP contribution in [0.25, 0.3) is 11.0 Å². The fraction of sp³-hybridized carbons (Fsp3) is 0.333. The van der Waals surface area contributed by atoms with E-state index in [1.165, 1.54) is 22.5 Å². The Kier molecular flexibility index (Phi) is 6.25. The molecule has 0 spiro atoms. The van der Waals surface area contributed by atoms with Gasteiger partial charge in [0.15, 0.2) is 5.76 Å². The molecular formula is C27H29N3O3S. The van der Waals surface area contributed by atoms with E-state index in [1.807, 2.05) is 23.6 Å². The summed E-state index contributed by atoms with van der Waals surface area (Å²) in [6, 6.07) is 16.1. The molecule has 0 bridgehead atoms. The van der Waals surface area contributed by atoms with Gasteiger partial charge in [0.25, 0.3) is 5.91 Å². The Labute approximate surface area is 203 Å². The van der Waals surface area contributed by atoms with Crippen molar-refractivity contribution in [3.8, 4) is 0 Å². The van der Waals surface area contributed by atoms with Crippen LogP contribution < -0.4 is 0 Å². The topological polar surface area (TPSA) is 69.8 Å². The van der Waals surface area contributed by atoms with E-state index in [0.29, 0.717) is 30.7 Å². The normalized spacial score (nSPS) is 16.1. The third-order valence-corrected chi connectivity index (χ3v) is 7.30. The highest BCUT2D eigenvalue weighted by Crippen LogP contribution is 2.35. The molecule has 1 aliphatic heterocycles. The van der Waals surface area contributed by atoms with Crippen LogP contribution in [0.2, 0.25) is 0 Å². The molecule has 5 rings (SSSR count). The minimum absolute atomic E-state index is 0.186. The molecule has 1 saturated heterocycles. The highest BCUT2D eigenvalue weighted by Gasteiger charge is 2.34. The van der Waals surface area contributed by atoms with E-state index in [1.54, 1.807) is 23.5 Å². The molecule has 0 unspecified atom stereocenters. The van der Waals surface area contributed by atoms with Gasteiger partial charge in [-0.25, -0.2) is 4.98 Å². The number of aliphatic hydroxyl groups is 1. The van der Waals surface area contributed by atoms with Gasteiger partial charge in [0.05, 0.1) is 23.4 Å². The van der Waals surface area contributed by atoms with Crippen LogP contribution in [0.4, 0.5) is 0 Å². The molecule has 3 heterocycles. The Hall–Kier alpha value is -3.00. The van der Waals surface area contributed by atoms with Gasteiger partial charge in [-0.3, -0.25) is 9.69 Å². The van der Waals surface area contributed by atoms with E-state index in [4.69, 9.17) is 4.42 Å². The van der Waals surface area contributed by atoms with Gasteiger partial charge < -0.3 is 14.4 Å². The average Bonchev–Trinajstić information content (AvgIpc) is 3.49. The molecule has 1 N–H and O–H groups in total. The third-order valence-electron chi connectivity index (χ3n) is 6.67. The first-order chi connectivity index (χ1) is 16.4. The van der Waals surface area contributed by atoms with Crippen molar-refractivity contribution in [3.05, 3.63) is 87.6 Å². The lowest BCUT2D eigenvalue weighted by Crippen LogP contribution is -2.42. The Morgan fingerprint density at radius 1 is 1.21 bits per heavy atom. The SMILES string of the molecule is Cc1cccc(CN2CCC(O)(c3ccc4oc(C(=O)N(C)Cc5cscn5)cc4c3)CC2)c1. The Bertz CT molecular complexity index is 1290. The Morgan fingerprint density at radius 3 is 2.76 bits per heavy atom. The molecule has 0 atom stereocenters. The number of hydrogen-bond donors (Lipinski definition) is 1. The standard InChI is InChI=1S/C27H29N3O3S/c1-19-4-3-5-20(12-19)15-30-10-8-27(32,9-11-30)22-6-7-24-21(13-22)14-25(33-24)26(31)29(2)16-23-17-34-18-28-23/h3-7,12-14,17-18,32H,8-11,15-16H2,1-2H3. The number of amides is 1. The van der Waals surface area contributed by atoms with Crippen LogP contribution in [0.3, 0.4) is 0 Å². The second-order valence-electron chi connectivity index (χ2n) is 9.30. The van der Waals surface area contributed by atoms with Crippen LogP contribution in [-0.2, 0) is 18.7 Å². The quantitative estimate of drug-likeness (QED) is 0.427. The maximum absolute atomic E-state index is 12.9. The summed E-state index contributed by atoms with van der Waals surface area (Å²) in [4.78, 5) is 21.1. The summed E-state index contributed by atoms with van der Waals surface area (Å²) in [6.45, 7) is 5.11. The molecule has 7 heteroatoms. The lowest BCUT2D eigenvalue weighted by molar-refractivity contribution is -0.0276. The van der Waals surface area contributed by atoms with Gasteiger partial charge in [-0.1, -0.05) is 35.9 Å². The van der Waals surface area contributed by atoms with E-state index in [2.05, 4.69) is 41.1 Å². The van der Waals surface area contributed by atoms with Crippen molar-refractivity contribution < 1.29 is 14.3 Å². The Morgan fingerprint density at radius 2 is 2.03 bits per heavy atom. The lowest BCUT2D eigenvalue weighted by atomic mass is 9.84. The molecular weight excluding hydrogens is 446 g/mol. The van der Waals surface area contributed by atoms with E-state index in [0.717, 1.165) is 36.3 Å². The molecule has 2 aromatic carbocycles. The van der Waals surface area contributed by atoms with Crippen LogP contribution in [0.15, 0.2) is 63.8 Å². The minimum Gasteiger partial charge on any atom is -0.451 e. The summed E-state index contributed by atoms with van der Waals surface area (Å²) in [5.74, 6) is 0.110. The molecule has 0 aliphatic carbocycles. The molecule has 1 aliphatic rings. The van der Waals surface area contributed by atoms with Gasteiger partial charge >= 0.3 is 0 Å². The van der Waals surface area contributed by atoms with Crippen LogP contribution >= 0.6 is 11.3 Å². The van der Waals surface area contributed by atoms with Crippen molar-refractivity contribution in [2.75, 3.05) is 20.1 Å². The van der Waals surface area contributed by atoms with Gasteiger partial charge in [-0.2, -0.15) is 0 Å². The summed E-state index contributed by atoms with van der Waals surface area (Å²) >= 11 is 1.51. The monoisotopic (exact) mass is 475 g/mol. The minimum atomic E-state index is -0.875. The third kappa shape index (κ3) is 4.78. The van der Waals surface area contributed by atoms with Crippen LogP contribution in [0.5, 0.6) is 0 Å². The number of nitrogens with zero attached hydrogens (tertiary/aromatic N) is 3. The van der Waals surface area contributed by atoms with Gasteiger partial charge in [-0.15, -0.1) is 11.3 Å². The summed E-state index contributed by atoms with van der Waals surface area (Å²) in [6.07, 6.45) is 1.34. The van der Waals surface area contributed by atoms with Crippen LogP contribution in [0, 0.1) is 6.92 Å². The number of hydrogen-bond acceptors (Lipinski definition) is 6. The molecule has 1 amide bonds. The van der Waals surface area contributed by atoms with E-state index < -0.39 is 5.60 Å². The maximum atomic E-state index is 12.9. The number of carbonyl (C=O) groups is 1. The van der Waals surface area contributed by atoms with Crippen molar-refractivity contribution in [1.82, 2.24) is 14.8 Å². The molecule has 4 aromatic rings. The van der Waals surface area contributed by atoms with E-state index in [9.17, 15) is 9.90 Å². The van der Waals surface area contributed by atoms with Crippen LogP contribution in [0.1, 0.15) is 45.8 Å². The molecule has 0 saturated carbocycles. The Balaban J connectivity index is 1.27. The van der Waals surface area contributed by atoms with Crippen molar-refractivity contribution in [2.24, 2.45) is 0 Å². The number of furan rings is 1. The number of fused-ring (bicyclic) bond motifs is 1. The van der Waals surface area contributed by atoms with Gasteiger partial charge in [0.1, 0.15) is 5.58 Å². The fourth-order valence-corrected chi connectivity index (χ4v) is 5.24. The van der Waals surface area contributed by atoms with Crippen molar-refractivity contribution >= 4 is 28.2 Å². The van der Waals surface area contributed by atoms with Gasteiger partial charge in [0.2, 0.25) is 0 Å². The zero-order valence-electron chi connectivity index (χ0n) is 19.5. The van der Waals surface area contributed by atoms with Crippen molar-refractivity contribution in [3.63, 3.8) is 0 Å². The highest BCUT2D eigenvalue weighted by atomic mass is 32.1. The number of benzene rings is 2. The van der Waals surface area contributed by atoms with Gasteiger partial charge in [0, 0.05) is 37.4 Å². The first kappa shape index (κ1) is 22.8. The van der Waals surface area contributed by atoms with E-state index in [-0.39, 0.29) is 5.91 Å². The second kappa shape index (κ2) is 9.33. The molecule has 34 heavy (non-hydrogen) atoms. The van der Waals surface area contributed by atoms with Crippen LogP contribution in [-0.4, -0.2) is 45.9 Å². The summed E-state index contributed by atoms with van der Waals surface area (Å²) in [5.41, 5.74) is 5.85. The number of aryl methyl sites for hydroxylation is 1. The molecule has 1 fully saturated rings. The van der Waals surface area contributed by atoms with Crippen molar-refractivity contribution in [2.45, 2.75) is 38.5 Å². The predicted molar refractivity (Wildman–Crippen MR) is 134 cm³/mol. The first-order valence-electron chi connectivity index (χ1n) is 11.6. The predicted octanol–water partition coefficient (Wildman–Crippen LogP) is 4.95. The zero-order valence-corrected chi connectivity index (χ0v) is 20.3. The molecule has 0 radical (unpaired) electrons. The van der Waals surface area contributed by atoms with Crippen molar-refractivity contribution in [1.29, 1.82) is 0 Å². The fourth-order valence-electron chi connectivity index (χ4n) is 4.70. The first-order valence-corrected chi connectivity index (χ1v) is 12.5. The maximum Gasteiger partial charge on any atom is 0.289 e. The number of likely N-dealkylation sites (tertiary alicyclic amines) is 1. The number of carbonyl (C=O) groups excluding carboxylic acids is 1. The zero-order chi connectivity index (χ0) is 23.7. The largest absolute Gasteiger partial charge is 0.451 e. The lowest BCUT2D eigenvalue weighted by Gasteiger charge is -2.38. The number of piperidine rings is 1. The molecule has 6 nitrogen and oxygen atoms in total.